The van der Waals surface area contributed by atoms with Crippen molar-refractivity contribution < 1.29 is 19.1 Å². The molecule has 116 valence electrons. The third-order valence-electron chi connectivity index (χ3n) is 3.12. The number of ether oxygens (including phenoxy) is 2. The second-order valence-corrected chi connectivity index (χ2v) is 5.12. The van der Waals surface area contributed by atoms with E-state index in [2.05, 4.69) is 5.32 Å². The van der Waals surface area contributed by atoms with Crippen molar-refractivity contribution in [3.63, 3.8) is 0 Å². The minimum Gasteiger partial charge on any atom is -0.448 e. The molecular weight excluding hydrogens is 318 g/mol. The first-order valence-electron chi connectivity index (χ1n) is 6.84. The largest absolute Gasteiger partial charge is 0.448 e. The molecule has 6 heteroatoms. The molecule has 2 aromatic carbocycles. The number of halogens is 1. The number of para-hydroxylation sites is 1. The van der Waals surface area contributed by atoms with Crippen LogP contribution in [-0.2, 0) is 9.53 Å². The molecule has 0 aromatic heterocycles. The van der Waals surface area contributed by atoms with Crippen molar-refractivity contribution in [2.24, 2.45) is 0 Å². The SMILES string of the molecule is O=C1OC(NC(=O)c2ccccc2)C(Cl)=C1Oc1ccccc1. The van der Waals surface area contributed by atoms with Gasteiger partial charge in [-0.2, -0.15) is 0 Å². The lowest BCUT2D eigenvalue weighted by molar-refractivity contribution is -0.142. The van der Waals surface area contributed by atoms with Gasteiger partial charge in [-0.3, -0.25) is 4.79 Å². The number of nitrogens with one attached hydrogen (secondary N) is 1. The smallest absolute Gasteiger partial charge is 0.377 e. The summed E-state index contributed by atoms with van der Waals surface area (Å²) in [6.07, 6.45) is -1.06. The van der Waals surface area contributed by atoms with E-state index in [0.717, 1.165) is 0 Å². The zero-order valence-corrected chi connectivity index (χ0v) is 12.6. The molecule has 0 aliphatic carbocycles. The molecule has 5 nitrogen and oxygen atoms in total. The van der Waals surface area contributed by atoms with Crippen LogP contribution in [0.4, 0.5) is 0 Å². The van der Waals surface area contributed by atoms with Crippen LogP contribution in [0.1, 0.15) is 10.4 Å². The van der Waals surface area contributed by atoms with Crippen molar-refractivity contribution in [1.29, 1.82) is 0 Å². The lowest BCUT2D eigenvalue weighted by Crippen LogP contribution is -2.35. The molecule has 0 saturated heterocycles. The summed E-state index contributed by atoms with van der Waals surface area (Å²) in [5, 5.41) is 2.54. The van der Waals surface area contributed by atoms with Gasteiger partial charge in [-0.25, -0.2) is 4.79 Å². The number of rotatable bonds is 4. The van der Waals surface area contributed by atoms with Crippen LogP contribution in [0, 0.1) is 0 Å². The molecule has 0 fully saturated rings. The number of benzene rings is 2. The highest BCUT2D eigenvalue weighted by atomic mass is 35.5. The molecule has 1 heterocycles. The lowest BCUT2D eigenvalue weighted by Gasteiger charge is -2.11. The minimum absolute atomic E-state index is 0.00290. The Hall–Kier alpha value is -2.79. The highest BCUT2D eigenvalue weighted by Crippen LogP contribution is 2.27. The Morgan fingerprint density at radius 3 is 2.30 bits per heavy atom. The van der Waals surface area contributed by atoms with Gasteiger partial charge in [-0.1, -0.05) is 48.0 Å². The Labute approximate surface area is 137 Å². The molecule has 23 heavy (non-hydrogen) atoms. The molecular formula is C17H12ClNO4. The summed E-state index contributed by atoms with van der Waals surface area (Å²) in [6.45, 7) is 0. The van der Waals surface area contributed by atoms with Gasteiger partial charge in [0.15, 0.2) is 0 Å². The monoisotopic (exact) mass is 329 g/mol. The summed E-state index contributed by atoms with van der Waals surface area (Å²) in [6, 6.07) is 17.3. The van der Waals surface area contributed by atoms with Crippen molar-refractivity contribution >= 4 is 23.5 Å². The summed E-state index contributed by atoms with van der Waals surface area (Å²) in [5.74, 6) is -0.802. The minimum atomic E-state index is -1.06. The Morgan fingerprint density at radius 2 is 1.65 bits per heavy atom. The van der Waals surface area contributed by atoms with E-state index in [9.17, 15) is 9.59 Å². The lowest BCUT2D eigenvalue weighted by atomic mass is 10.2. The maximum Gasteiger partial charge on any atom is 0.377 e. The molecule has 1 N–H and O–H groups in total. The van der Waals surface area contributed by atoms with Crippen LogP contribution < -0.4 is 10.1 Å². The van der Waals surface area contributed by atoms with Crippen molar-refractivity contribution in [2.75, 3.05) is 0 Å². The number of cyclic esters (lactones) is 1. The molecule has 1 amide bonds. The van der Waals surface area contributed by atoms with Crippen LogP contribution in [0.25, 0.3) is 0 Å². The van der Waals surface area contributed by atoms with Gasteiger partial charge >= 0.3 is 5.97 Å². The van der Waals surface area contributed by atoms with E-state index in [1.165, 1.54) is 0 Å². The molecule has 0 spiro atoms. The van der Waals surface area contributed by atoms with Gasteiger partial charge in [0.25, 0.3) is 5.91 Å². The first-order valence-corrected chi connectivity index (χ1v) is 7.22. The Balaban J connectivity index is 1.75. The number of amides is 1. The Bertz CT molecular complexity index is 759. The third-order valence-corrected chi connectivity index (χ3v) is 3.49. The average molecular weight is 330 g/mol. The first kappa shape index (κ1) is 15.1. The molecule has 1 atom stereocenters. The van der Waals surface area contributed by atoms with E-state index in [1.807, 2.05) is 6.07 Å². The van der Waals surface area contributed by atoms with Crippen molar-refractivity contribution in [3.05, 3.63) is 77.0 Å². The molecule has 1 aliphatic heterocycles. The van der Waals surface area contributed by atoms with Crippen LogP contribution in [0.2, 0.25) is 0 Å². The molecule has 0 bridgehead atoms. The van der Waals surface area contributed by atoms with Gasteiger partial charge in [0.2, 0.25) is 12.0 Å². The van der Waals surface area contributed by atoms with E-state index >= 15 is 0 Å². The average Bonchev–Trinajstić information content (AvgIpc) is 2.84. The molecule has 1 aliphatic rings. The third kappa shape index (κ3) is 3.35. The van der Waals surface area contributed by atoms with Crippen LogP contribution in [0.5, 0.6) is 5.75 Å². The number of carbonyl (C=O) groups is 2. The normalized spacial score (nSPS) is 16.9. The maximum atomic E-state index is 12.1. The zero-order chi connectivity index (χ0) is 16.2. The fraction of sp³-hybridized carbons (Fsp3) is 0.0588. The van der Waals surface area contributed by atoms with E-state index in [1.54, 1.807) is 54.6 Å². The predicted octanol–water partition coefficient (Wildman–Crippen LogP) is 2.83. The van der Waals surface area contributed by atoms with E-state index in [4.69, 9.17) is 21.1 Å². The predicted molar refractivity (Wildman–Crippen MR) is 83.7 cm³/mol. The Morgan fingerprint density at radius 1 is 1.04 bits per heavy atom. The topological polar surface area (TPSA) is 64.6 Å². The summed E-state index contributed by atoms with van der Waals surface area (Å²) in [4.78, 5) is 24.0. The second kappa shape index (κ2) is 6.54. The standard InChI is InChI=1S/C17H12ClNO4/c18-13-14(22-12-9-5-2-6-10-12)17(21)23-16(13)19-15(20)11-7-3-1-4-8-11/h1-10,16H,(H,19,20). The molecule has 2 aromatic rings. The molecule has 1 unspecified atom stereocenters. The highest BCUT2D eigenvalue weighted by molar-refractivity contribution is 6.33. The van der Waals surface area contributed by atoms with Gasteiger partial charge in [0.1, 0.15) is 10.8 Å². The van der Waals surface area contributed by atoms with Crippen LogP contribution in [0.3, 0.4) is 0 Å². The van der Waals surface area contributed by atoms with Gasteiger partial charge < -0.3 is 14.8 Å². The van der Waals surface area contributed by atoms with E-state index < -0.39 is 18.1 Å². The molecule has 3 rings (SSSR count). The van der Waals surface area contributed by atoms with Crippen LogP contribution >= 0.6 is 11.6 Å². The number of hydrogen-bond acceptors (Lipinski definition) is 4. The summed E-state index contributed by atoms with van der Waals surface area (Å²) >= 11 is 6.11. The van der Waals surface area contributed by atoms with E-state index in [0.29, 0.717) is 11.3 Å². The fourth-order valence-corrected chi connectivity index (χ4v) is 2.23. The Kier molecular flexibility index (Phi) is 4.30. The van der Waals surface area contributed by atoms with E-state index in [-0.39, 0.29) is 10.8 Å². The molecule has 0 saturated carbocycles. The highest BCUT2D eigenvalue weighted by Gasteiger charge is 2.36. The summed E-state index contributed by atoms with van der Waals surface area (Å²) in [5.41, 5.74) is 0.436. The number of esters is 1. The van der Waals surface area contributed by atoms with Gasteiger partial charge in [0.05, 0.1) is 0 Å². The zero-order valence-electron chi connectivity index (χ0n) is 11.9. The van der Waals surface area contributed by atoms with Crippen molar-refractivity contribution in [2.45, 2.75) is 6.23 Å². The fourth-order valence-electron chi connectivity index (χ4n) is 2.01. The number of carbonyl (C=O) groups excluding carboxylic acids is 2. The second-order valence-electron chi connectivity index (χ2n) is 4.72. The first-order chi connectivity index (χ1) is 11.1. The summed E-state index contributed by atoms with van der Waals surface area (Å²) < 4.78 is 10.5. The van der Waals surface area contributed by atoms with Crippen molar-refractivity contribution in [3.8, 4) is 5.75 Å². The molecule has 0 radical (unpaired) electrons. The van der Waals surface area contributed by atoms with Gasteiger partial charge in [-0.05, 0) is 24.3 Å². The van der Waals surface area contributed by atoms with Crippen molar-refractivity contribution in [1.82, 2.24) is 5.32 Å². The number of hydrogen-bond donors (Lipinski definition) is 1. The summed E-state index contributed by atoms with van der Waals surface area (Å²) in [7, 11) is 0. The van der Waals surface area contributed by atoms with Crippen LogP contribution in [-0.4, -0.2) is 18.1 Å². The van der Waals surface area contributed by atoms with Gasteiger partial charge in [-0.15, -0.1) is 0 Å². The quantitative estimate of drug-likeness (QED) is 0.876. The van der Waals surface area contributed by atoms with Gasteiger partial charge in [0, 0.05) is 5.56 Å². The maximum absolute atomic E-state index is 12.1. The van der Waals surface area contributed by atoms with Crippen LogP contribution in [0.15, 0.2) is 71.5 Å².